The van der Waals surface area contributed by atoms with E-state index in [-0.39, 0.29) is 24.9 Å². The Bertz CT molecular complexity index is 1040. The first kappa shape index (κ1) is 27.3. The first-order valence-electron chi connectivity index (χ1n) is 13.1. The van der Waals surface area contributed by atoms with E-state index < -0.39 is 0 Å². The number of aromatic nitrogens is 1. The zero-order chi connectivity index (χ0) is 26.2. The smallest absolute Gasteiger partial charge is 0.290 e. The minimum Gasteiger partial charge on any atom is -0.483 e. The fourth-order valence-corrected chi connectivity index (χ4v) is 7.11. The molecule has 1 aromatic heterocycles. The molecule has 10 nitrogen and oxygen atoms in total. The largest absolute Gasteiger partial charge is 0.483 e. The van der Waals surface area contributed by atoms with Gasteiger partial charge in [-0.2, -0.15) is 4.37 Å². The van der Waals surface area contributed by atoms with Crippen LogP contribution in [0.5, 0.6) is 0 Å². The van der Waals surface area contributed by atoms with Gasteiger partial charge in [-0.25, -0.2) is 0 Å². The van der Waals surface area contributed by atoms with Crippen molar-refractivity contribution < 1.29 is 24.6 Å². The van der Waals surface area contributed by atoms with E-state index in [1.165, 1.54) is 81.9 Å². The Balaban J connectivity index is 0.000000489. The second-order valence-electron chi connectivity index (χ2n) is 10.1. The van der Waals surface area contributed by atoms with Crippen molar-refractivity contribution in [3.8, 4) is 0 Å². The Hall–Kier alpha value is -2.76. The molecule has 1 atom stereocenters. The zero-order valence-electron chi connectivity index (χ0n) is 21.1. The maximum Gasteiger partial charge on any atom is 0.290 e. The molecule has 6 aliphatic heterocycles. The highest BCUT2D eigenvalue weighted by atomic mass is 32.1. The fourth-order valence-electron chi connectivity index (χ4n) is 6.30. The summed E-state index contributed by atoms with van der Waals surface area (Å²) in [5.41, 5.74) is 1.91. The molecule has 1 amide bonds. The van der Waals surface area contributed by atoms with Crippen LogP contribution in [-0.4, -0.2) is 101 Å². The number of carboxylic acid groups (broad SMARTS) is 2. The lowest BCUT2D eigenvalue weighted by Crippen LogP contribution is -2.57. The average Bonchev–Trinajstić information content (AvgIpc) is 3.28. The van der Waals surface area contributed by atoms with Gasteiger partial charge in [-0.15, -0.1) is 0 Å². The van der Waals surface area contributed by atoms with Crippen molar-refractivity contribution in [2.24, 2.45) is 5.92 Å². The zero-order valence-corrected chi connectivity index (χ0v) is 21.9. The van der Waals surface area contributed by atoms with Crippen LogP contribution in [0.2, 0.25) is 0 Å². The minimum atomic E-state index is -0.250. The summed E-state index contributed by atoms with van der Waals surface area (Å²) >= 11 is 1.47. The third kappa shape index (κ3) is 6.58. The lowest BCUT2D eigenvalue weighted by molar-refractivity contribution is -0.123. The van der Waals surface area contributed by atoms with Crippen molar-refractivity contribution >= 4 is 46.2 Å². The molecule has 37 heavy (non-hydrogen) atoms. The van der Waals surface area contributed by atoms with Crippen LogP contribution in [0.25, 0.3) is 10.1 Å². The summed E-state index contributed by atoms with van der Waals surface area (Å²) in [5, 5.41) is 18.1. The molecule has 0 aliphatic carbocycles. The van der Waals surface area contributed by atoms with E-state index in [9.17, 15) is 4.79 Å². The van der Waals surface area contributed by atoms with Gasteiger partial charge in [-0.3, -0.25) is 14.4 Å². The van der Waals surface area contributed by atoms with E-state index in [0.717, 1.165) is 29.7 Å². The van der Waals surface area contributed by atoms with Gasteiger partial charge >= 0.3 is 0 Å². The number of piperidine rings is 3. The number of fused-ring (bicyclic) bond motifs is 10. The molecule has 1 aromatic carbocycles. The van der Waals surface area contributed by atoms with E-state index in [1.54, 1.807) is 0 Å². The molecular weight excluding hydrogens is 494 g/mol. The number of nitrogens with one attached hydrogen (secondary N) is 1. The van der Waals surface area contributed by atoms with Crippen molar-refractivity contribution in [2.75, 3.05) is 50.7 Å². The Morgan fingerprint density at radius 2 is 1.62 bits per heavy atom. The molecule has 2 aromatic rings. The molecule has 202 valence electrons. The van der Waals surface area contributed by atoms with Crippen LogP contribution in [0.4, 0.5) is 5.69 Å². The normalized spacial score (nSPS) is 28.4. The molecule has 0 saturated carbocycles. The van der Waals surface area contributed by atoms with Crippen molar-refractivity contribution in [3.05, 3.63) is 23.9 Å². The first-order valence-corrected chi connectivity index (χ1v) is 13.9. The van der Waals surface area contributed by atoms with E-state index in [2.05, 4.69) is 42.6 Å². The first-order chi connectivity index (χ1) is 18.1. The van der Waals surface area contributed by atoms with Gasteiger partial charge in [0.05, 0.1) is 4.70 Å². The lowest BCUT2D eigenvalue weighted by atomic mass is 9.84. The van der Waals surface area contributed by atoms with Gasteiger partial charge in [0.1, 0.15) is 5.69 Å². The highest BCUT2D eigenvalue weighted by molar-refractivity contribution is 7.13. The van der Waals surface area contributed by atoms with Crippen LogP contribution in [0, 0.1) is 5.92 Å². The molecule has 0 spiro atoms. The number of hydrogen-bond acceptors (Lipinski definition) is 8. The number of rotatable bonds is 3. The highest BCUT2D eigenvalue weighted by Crippen LogP contribution is 2.32. The second kappa shape index (κ2) is 13.2. The molecular formula is C26H37N5O5S. The second-order valence-corrected chi connectivity index (χ2v) is 10.9. The van der Waals surface area contributed by atoms with E-state index >= 15 is 0 Å². The number of amides is 1. The minimum absolute atomic E-state index is 0.00642. The van der Waals surface area contributed by atoms with Crippen molar-refractivity contribution in [2.45, 2.75) is 50.6 Å². The van der Waals surface area contributed by atoms with Crippen LogP contribution in [0.1, 0.15) is 49.0 Å². The number of anilines is 1. The quantitative estimate of drug-likeness (QED) is 0.512. The summed E-state index contributed by atoms with van der Waals surface area (Å²) in [6.07, 6.45) is 7.58. The Morgan fingerprint density at radius 1 is 0.946 bits per heavy atom. The Kier molecular flexibility index (Phi) is 9.70. The number of nitrogens with zero attached hydrogens (tertiary/aromatic N) is 4. The number of carbonyl (C=O) groups is 3. The lowest BCUT2D eigenvalue weighted by Gasteiger charge is -2.44. The Labute approximate surface area is 221 Å². The Morgan fingerprint density at radius 3 is 2.24 bits per heavy atom. The van der Waals surface area contributed by atoms with Crippen molar-refractivity contribution in [1.29, 1.82) is 0 Å². The predicted molar refractivity (Wildman–Crippen MR) is 143 cm³/mol. The van der Waals surface area contributed by atoms with Crippen LogP contribution in [0.15, 0.2) is 18.2 Å². The molecule has 11 heteroatoms. The van der Waals surface area contributed by atoms with Crippen LogP contribution in [0.3, 0.4) is 0 Å². The number of hydrogen-bond donors (Lipinski definition) is 3. The molecule has 3 N–H and O–H groups in total. The van der Waals surface area contributed by atoms with Crippen LogP contribution in [-0.2, 0) is 9.59 Å². The monoisotopic (exact) mass is 531 g/mol. The molecule has 6 aliphatic rings. The van der Waals surface area contributed by atoms with Crippen molar-refractivity contribution in [3.63, 3.8) is 0 Å². The molecule has 6 fully saturated rings. The van der Waals surface area contributed by atoms with Gasteiger partial charge in [0, 0.05) is 42.8 Å². The predicted octanol–water partition coefficient (Wildman–Crippen LogP) is 2.59. The van der Waals surface area contributed by atoms with E-state index in [4.69, 9.17) is 19.8 Å². The summed E-state index contributed by atoms with van der Waals surface area (Å²) in [4.78, 5) is 37.5. The standard InChI is InChI=1S/C24H33N5OS.2CH2O2/c30-24(25-21-16-28-11-7-17(21)8-12-28)23-20-6-5-19(15-22(20)31-26-23)29-14-13-27-9-1-3-18(29)4-2-10-27;2*2-1-3/h5-6,15,17-18,21H,1-4,7-14,16H2,(H,25,30);2*1H,(H,2,3)/t21-;;/m0../s1. The van der Waals surface area contributed by atoms with Crippen LogP contribution >= 0.6 is 11.5 Å². The molecule has 8 rings (SSSR count). The van der Waals surface area contributed by atoms with Gasteiger partial charge in [0.2, 0.25) is 0 Å². The summed E-state index contributed by atoms with van der Waals surface area (Å²) < 4.78 is 5.73. The summed E-state index contributed by atoms with van der Waals surface area (Å²) in [6.45, 7) is 7.65. The van der Waals surface area contributed by atoms with E-state index in [1.807, 2.05) is 0 Å². The molecule has 7 heterocycles. The molecule has 0 unspecified atom stereocenters. The van der Waals surface area contributed by atoms with Gasteiger partial charge in [-0.05, 0) is 100 Å². The third-order valence-corrected chi connectivity index (χ3v) is 8.90. The summed E-state index contributed by atoms with van der Waals surface area (Å²) in [7, 11) is 0. The molecule has 6 saturated heterocycles. The van der Waals surface area contributed by atoms with Gasteiger partial charge in [-0.1, -0.05) is 0 Å². The molecule has 0 radical (unpaired) electrons. The summed E-state index contributed by atoms with van der Waals surface area (Å²) in [5.74, 6) is 0.638. The highest BCUT2D eigenvalue weighted by Gasteiger charge is 2.35. The molecule has 4 bridgehead atoms. The maximum atomic E-state index is 13.1. The topological polar surface area (TPSA) is 126 Å². The third-order valence-electron chi connectivity index (χ3n) is 8.10. The van der Waals surface area contributed by atoms with Gasteiger partial charge in [0.15, 0.2) is 0 Å². The number of carbonyl (C=O) groups excluding carboxylic acids is 1. The number of benzene rings is 1. The van der Waals surface area contributed by atoms with Gasteiger partial charge in [0.25, 0.3) is 18.9 Å². The average molecular weight is 532 g/mol. The fraction of sp³-hybridized carbons (Fsp3) is 0.615. The SMILES string of the molecule is O=C(N[C@H]1CN2CCC1CC2)c1nsc2cc(N3CCN4CCCC3CCC4)ccc12.O=CO.O=CO. The van der Waals surface area contributed by atoms with E-state index in [0.29, 0.717) is 17.7 Å². The van der Waals surface area contributed by atoms with Gasteiger partial charge < -0.3 is 30.2 Å². The summed E-state index contributed by atoms with van der Waals surface area (Å²) in [6, 6.07) is 7.56. The maximum absolute atomic E-state index is 13.1. The van der Waals surface area contributed by atoms with Crippen molar-refractivity contribution in [1.82, 2.24) is 19.5 Å². The van der Waals surface area contributed by atoms with Crippen LogP contribution < -0.4 is 10.2 Å².